The summed E-state index contributed by atoms with van der Waals surface area (Å²) in [5, 5.41) is 0. The number of carbonyl (C=O) groups excluding carboxylic acids is 1. The molecular weight excluding hydrogens is 290 g/mol. The van der Waals surface area contributed by atoms with Gasteiger partial charge in [0.15, 0.2) is 0 Å². The predicted molar refractivity (Wildman–Crippen MR) is 85.0 cm³/mol. The summed E-state index contributed by atoms with van der Waals surface area (Å²) in [6.07, 6.45) is 6.98. The summed E-state index contributed by atoms with van der Waals surface area (Å²) in [6.45, 7) is 2.74. The molecule has 23 heavy (non-hydrogen) atoms. The number of carbonyl (C=O) groups is 1. The van der Waals surface area contributed by atoms with E-state index in [1.54, 1.807) is 6.20 Å². The molecule has 1 atom stereocenters. The number of hydrogen-bond donors (Lipinski definition) is 0. The lowest BCUT2D eigenvalue weighted by Gasteiger charge is -2.23. The van der Waals surface area contributed by atoms with E-state index in [0.29, 0.717) is 5.69 Å². The molecule has 0 bridgehead atoms. The van der Waals surface area contributed by atoms with Crippen LogP contribution in [0.5, 0.6) is 0 Å². The number of aromatic nitrogens is 4. The third kappa shape index (κ3) is 2.36. The van der Waals surface area contributed by atoms with Crippen LogP contribution < -0.4 is 0 Å². The van der Waals surface area contributed by atoms with E-state index >= 15 is 0 Å². The topological polar surface area (TPSA) is 63.4 Å². The summed E-state index contributed by atoms with van der Waals surface area (Å²) in [5.41, 5.74) is 3.24. The Kier molecular flexibility index (Phi) is 3.29. The van der Waals surface area contributed by atoms with Gasteiger partial charge >= 0.3 is 0 Å². The van der Waals surface area contributed by atoms with Gasteiger partial charge in [0, 0.05) is 24.6 Å². The fraction of sp³-hybridized carbons (Fsp3) is 0.294. The van der Waals surface area contributed by atoms with E-state index in [-0.39, 0.29) is 11.9 Å². The molecule has 1 aliphatic heterocycles. The molecule has 6 heteroatoms. The van der Waals surface area contributed by atoms with Crippen LogP contribution in [-0.2, 0) is 0 Å². The number of aryl methyl sites for hydroxylation is 1. The van der Waals surface area contributed by atoms with E-state index in [1.807, 2.05) is 46.7 Å². The van der Waals surface area contributed by atoms with E-state index in [2.05, 4.69) is 15.0 Å². The first-order chi connectivity index (χ1) is 11.2. The predicted octanol–water partition coefficient (Wildman–Crippen LogP) is 2.41. The van der Waals surface area contributed by atoms with Crippen molar-refractivity contribution in [3.05, 3.63) is 60.1 Å². The maximum Gasteiger partial charge on any atom is 0.274 e. The van der Waals surface area contributed by atoms with Crippen LogP contribution in [-0.4, -0.2) is 36.7 Å². The summed E-state index contributed by atoms with van der Waals surface area (Å²) in [4.78, 5) is 27.5. The maximum atomic E-state index is 12.9. The van der Waals surface area contributed by atoms with Gasteiger partial charge in [0.05, 0.1) is 11.7 Å². The normalized spacial score (nSPS) is 17.8. The Hall–Kier alpha value is -2.76. The Morgan fingerprint density at radius 2 is 2.22 bits per heavy atom. The van der Waals surface area contributed by atoms with E-state index in [0.717, 1.165) is 36.4 Å². The van der Waals surface area contributed by atoms with Gasteiger partial charge in [-0.3, -0.25) is 4.79 Å². The van der Waals surface area contributed by atoms with Crippen molar-refractivity contribution in [3.63, 3.8) is 0 Å². The van der Waals surface area contributed by atoms with E-state index in [4.69, 9.17) is 0 Å². The molecule has 3 aromatic rings. The van der Waals surface area contributed by atoms with Gasteiger partial charge in [-0.25, -0.2) is 15.0 Å². The Balaban J connectivity index is 1.68. The van der Waals surface area contributed by atoms with Crippen molar-refractivity contribution in [1.82, 2.24) is 24.3 Å². The third-order valence-electron chi connectivity index (χ3n) is 4.37. The molecule has 0 aliphatic carbocycles. The first kappa shape index (κ1) is 13.9. The number of imidazole rings is 1. The zero-order valence-corrected chi connectivity index (χ0v) is 12.9. The standard InChI is InChI=1S/C17H17N5O/c1-12-4-2-6-16-20-14(10-22(12)16)17(23)21-9-3-5-15(21)13-7-8-18-11-19-13/h2,4,6-8,10-11,15H,3,5,9H2,1H3/t15-/m1/s1. The number of rotatable bonds is 2. The summed E-state index contributed by atoms with van der Waals surface area (Å²) >= 11 is 0. The van der Waals surface area contributed by atoms with Crippen LogP contribution in [0.15, 0.2) is 43.0 Å². The SMILES string of the molecule is Cc1cccc2nc(C(=O)N3CCC[C@@H]3c3ccncn3)cn12. The minimum absolute atomic E-state index is 0.0106. The minimum atomic E-state index is -0.0331. The zero-order chi connectivity index (χ0) is 15.8. The molecule has 0 saturated carbocycles. The number of nitrogens with zero attached hydrogens (tertiary/aromatic N) is 5. The van der Waals surface area contributed by atoms with Crippen LogP contribution in [0.3, 0.4) is 0 Å². The lowest BCUT2D eigenvalue weighted by atomic mass is 10.1. The molecule has 1 saturated heterocycles. The minimum Gasteiger partial charge on any atom is -0.329 e. The molecule has 0 spiro atoms. The molecule has 4 rings (SSSR count). The second-order valence-electron chi connectivity index (χ2n) is 5.81. The molecule has 1 amide bonds. The summed E-state index contributed by atoms with van der Waals surface area (Å²) in [5.74, 6) is -0.0331. The number of hydrogen-bond acceptors (Lipinski definition) is 4. The quantitative estimate of drug-likeness (QED) is 0.729. The van der Waals surface area contributed by atoms with Crippen LogP contribution in [0, 0.1) is 6.92 Å². The molecule has 0 N–H and O–H groups in total. The van der Waals surface area contributed by atoms with Crippen LogP contribution in [0.4, 0.5) is 0 Å². The maximum absolute atomic E-state index is 12.9. The highest BCUT2D eigenvalue weighted by atomic mass is 16.2. The molecule has 0 radical (unpaired) electrons. The first-order valence-corrected chi connectivity index (χ1v) is 7.75. The van der Waals surface area contributed by atoms with Crippen molar-refractivity contribution in [2.24, 2.45) is 0 Å². The fourth-order valence-electron chi connectivity index (χ4n) is 3.21. The smallest absolute Gasteiger partial charge is 0.274 e. The van der Waals surface area contributed by atoms with Crippen molar-refractivity contribution in [2.45, 2.75) is 25.8 Å². The Bertz CT molecular complexity index is 858. The molecule has 116 valence electrons. The molecule has 3 aromatic heterocycles. The fourth-order valence-corrected chi connectivity index (χ4v) is 3.21. The van der Waals surface area contributed by atoms with Gasteiger partial charge in [0.25, 0.3) is 5.91 Å². The lowest BCUT2D eigenvalue weighted by Crippen LogP contribution is -2.31. The summed E-state index contributed by atoms with van der Waals surface area (Å²) in [6, 6.07) is 7.75. The second-order valence-corrected chi connectivity index (χ2v) is 5.81. The third-order valence-corrected chi connectivity index (χ3v) is 4.37. The number of fused-ring (bicyclic) bond motifs is 1. The molecule has 1 aliphatic rings. The van der Waals surface area contributed by atoms with E-state index in [9.17, 15) is 4.79 Å². The Labute approximate surface area is 133 Å². The van der Waals surface area contributed by atoms with E-state index in [1.165, 1.54) is 6.33 Å². The average molecular weight is 307 g/mol. The van der Waals surface area contributed by atoms with Crippen LogP contribution in [0.1, 0.15) is 40.8 Å². The van der Waals surface area contributed by atoms with Crippen molar-refractivity contribution in [1.29, 1.82) is 0 Å². The van der Waals surface area contributed by atoms with Gasteiger partial charge < -0.3 is 9.30 Å². The molecular formula is C17H17N5O. The van der Waals surface area contributed by atoms with Gasteiger partial charge in [-0.05, 0) is 38.0 Å². The van der Waals surface area contributed by atoms with Crippen LogP contribution >= 0.6 is 0 Å². The highest BCUT2D eigenvalue weighted by Gasteiger charge is 2.32. The molecule has 1 fully saturated rings. The van der Waals surface area contributed by atoms with Crippen LogP contribution in [0.25, 0.3) is 5.65 Å². The molecule has 0 aromatic carbocycles. The monoisotopic (exact) mass is 307 g/mol. The molecule has 4 heterocycles. The van der Waals surface area contributed by atoms with Crippen molar-refractivity contribution in [3.8, 4) is 0 Å². The Morgan fingerprint density at radius 3 is 3.00 bits per heavy atom. The zero-order valence-electron chi connectivity index (χ0n) is 12.9. The van der Waals surface area contributed by atoms with Crippen molar-refractivity contribution < 1.29 is 4.79 Å². The molecule has 6 nitrogen and oxygen atoms in total. The van der Waals surface area contributed by atoms with Gasteiger partial charge in [-0.2, -0.15) is 0 Å². The highest BCUT2D eigenvalue weighted by molar-refractivity contribution is 5.93. The summed E-state index contributed by atoms with van der Waals surface area (Å²) < 4.78 is 1.95. The second kappa shape index (κ2) is 5.46. The van der Waals surface area contributed by atoms with Crippen molar-refractivity contribution in [2.75, 3.05) is 6.54 Å². The van der Waals surface area contributed by atoms with Gasteiger partial charge in [-0.1, -0.05) is 6.07 Å². The molecule has 0 unspecified atom stereocenters. The lowest BCUT2D eigenvalue weighted by molar-refractivity contribution is 0.0727. The van der Waals surface area contributed by atoms with E-state index < -0.39 is 0 Å². The van der Waals surface area contributed by atoms with Gasteiger partial charge in [0.2, 0.25) is 0 Å². The van der Waals surface area contributed by atoms with Crippen molar-refractivity contribution >= 4 is 11.6 Å². The number of likely N-dealkylation sites (tertiary alicyclic amines) is 1. The van der Waals surface area contributed by atoms with Gasteiger partial charge in [-0.15, -0.1) is 0 Å². The first-order valence-electron chi connectivity index (χ1n) is 7.75. The number of amides is 1. The summed E-state index contributed by atoms with van der Waals surface area (Å²) in [7, 11) is 0. The largest absolute Gasteiger partial charge is 0.329 e. The van der Waals surface area contributed by atoms with Crippen LogP contribution in [0.2, 0.25) is 0 Å². The number of pyridine rings is 1. The highest BCUT2D eigenvalue weighted by Crippen LogP contribution is 2.31. The van der Waals surface area contributed by atoms with Gasteiger partial charge in [0.1, 0.15) is 17.7 Å². The Morgan fingerprint density at radius 1 is 1.30 bits per heavy atom. The average Bonchev–Trinajstić information content (AvgIpc) is 3.23.